The van der Waals surface area contributed by atoms with Gasteiger partial charge in [-0.15, -0.1) is 0 Å². The quantitative estimate of drug-likeness (QED) is 0.720. The van der Waals surface area contributed by atoms with E-state index < -0.39 is 0 Å². The molecule has 1 heterocycles. The van der Waals surface area contributed by atoms with Crippen LogP contribution in [-0.4, -0.2) is 17.6 Å². The number of aromatic nitrogens is 1. The Labute approximate surface area is 111 Å². The van der Waals surface area contributed by atoms with E-state index in [1.54, 1.807) is 0 Å². The monoisotopic (exact) mass is 250 g/mol. The van der Waals surface area contributed by atoms with Crippen molar-refractivity contribution in [2.24, 2.45) is 5.73 Å². The lowest BCUT2D eigenvalue weighted by atomic mass is 10.1. The minimum atomic E-state index is 0.113. The summed E-state index contributed by atoms with van der Waals surface area (Å²) in [6, 6.07) is 4.12. The van der Waals surface area contributed by atoms with E-state index in [1.807, 2.05) is 26.0 Å². The van der Waals surface area contributed by atoms with E-state index in [9.17, 15) is 0 Å². The summed E-state index contributed by atoms with van der Waals surface area (Å²) in [4.78, 5) is 4.52. The Hall–Kier alpha value is -1.09. The summed E-state index contributed by atoms with van der Waals surface area (Å²) in [5.41, 5.74) is 7.85. The fourth-order valence-electron chi connectivity index (χ4n) is 1.89. The summed E-state index contributed by atoms with van der Waals surface area (Å²) < 4.78 is 5.82. The maximum atomic E-state index is 5.84. The molecular formula is C15H26N2O. The van der Waals surface area contributed by atoms with Crippen LogP contribution in [0.15, 0.2) is 12.1 Å². The van der Waals surface area contributed by atoms with Crippen molar-refractivity contribution >= 4 is 0 Å². The van der Waals surface area contributed by atoms with Gasteiger partial charge in [-0.2, -0.15) is 0 Å². The largest absolute Gasteiger partial charge is 0.492 e. The number of nitrogens with zero attached hydrogens (tertiary/aromatic N) is 1. The molecule has 1 aromatic heterocycles. The van der Waals surface area contributed by atoms with Crippen molar-refractivity contribution in [1.82, 2.24) is 4.98 Å². The van der Waals surface area contributed by atoms with Gasteiger partial charge >= 0.3 is 0 Å². The van der Waals surface area contributed by atoms with Crippen LogP contribution in [0.1, 0.15) is 50.9 Å². The Kier molecular flexibility index (Phi) is 6.73. The normalized spacial score (nSPS) is 12.4. The van der Waals surface area contributed by atoms with Crippen LogP contribution in [0.2, 0.25) is 0 Å². The van der Waals surface area contributed by atoms with Crippen LogP contribution in [0.4, 0.5) is 0 Å². The number of hydrogen-bond acceptors (Lipinski definition) is 3. The van der Waals surface area contributed by atoms with Gasteiger partial charge < -0.3 is 10.5 Å². The number of hydrogen-bond donors (Lipinski definition) is 1. The number of aryl methyl sites for hydroxylation is 1. The summed E-state index contributed by atoms with van der Waals surface area (Å²) in [6.07, 6.45) is 5.65. The van der Waals surface area contributed by atoms with Crippen LogP contribution in [0.25, 0.3) is 0 Å². The van der Waals surface area contributed by atoms with Crippen LogP contribution in [-0.2, 0) is 6.42 Å². The molecule has 3 nitrogen and oxygen atoms in total. The Morgan fingerprint density at radius 3 is 2.72 bits per heavy atom. The first-order chi connectivity index (χ1) is 8.63. The number of pyridine rings is 1. The molecule has 0 saturated carbocycles. The minimum Gasteiger partial charge on any atom is -0.492 e. The van der Waals surface area contributed by atoms with Gasteiger partial charge in [-0.05, 0) is 32.4 Å². The van der Waals surface area contributed by atoms with Crippen molar-refractivity contribution in [2.75, 3.05) is 6.61 Å². The lowest BCUT2D eigenvalue weighted by Gasteiger charge is -2.13. The molecule has 102 valence electrons. The van der Waals surface area contributed by atoms with Gasteiger partial charge in [0.25, 0.3) is 0 Å². The molecule has 3 heteroatoms. The number of nitrogens with two attached hydrogens (primary N) is 1. The second-order valence-electron chi connectivity index (χ2n) is 4.99. The zero-order valence-electron chi connectivity index (χ0n) is 11.9. The van der Waals surface area contributed by atoms with Gasteiger partial charge in [0, 0.05) is 18.2 Å². The fraction of sp³-hybridized carbons (Fsp3) is 0.667. The molecule has 0 aliphatic carbocycles. The molecule has 0 aliphatic rings. The molecular weight excluding hydrogens is 224 g/mol. The van der Waals surface area contributed by atoms with E-state index in [-0.39, 0.29) is 6.04 Å². The zero-order valence-corrected chi connectivity index (χ0v) is 11.9. The van der Waals surface area contributed by atoms with Crippen molar-refractivity contribution < 1.29 is 4.74 Å². The number of ether oxygens (including phenoxy) is 1. The highest BCUT2D eigenvalue weighted by Gasteiger charge is 2.08. The van der Waals surface area contributed by atoms with Crippen molar-refractivity contribution in [1.29, 1.82) is 0 Å². The van der Waals surface area contributed by atoms with E-state index >= 15 is 0 Å². The van der Waals surface area contributed by atoms with Crippen LogP contribution in [0.5, 0.6) is 5.75 Å². The average molecular weight is 250 g/mol. The van der Waals surface area contributed by atoms with Gasteiger partial charge in [0.15, 0.2) is 0 Å². The van der Waals surface area contributed by atoms with E-state index in [2.05, 4.69) is 11.9 Å². The molecule has 0 saturated heterocycles. The standard InChI is InChI=1S/C15H26N2O/c1-4-5-6-7-10-18-15-9-8-13(3)17-14(15)11-12(2)16/h8-9,12H,4-7,10-11,16H2,1-3H3. The summed E-state index contributed by atoms with van der Waals surface area (Å²) in [5, 5.41) is 0. The van der Waals surface area contributed by atoms with Crippen molar-refractivity contribution in [2.45, 2.75) is 58.9 Å². The van der Waals surface area contributed by atoms with E-state index in [1.165, 1.54) is 19.3 Å². The van der Waals surface area contributed by atoms with Gasteiger partial charge in [-0.25, -0.2) is 0 Å². The van der Waals surface area contributed by atoms with E-state index in [0.717, 1.165) is 36.6 Å². The smallest absolute Gasteiger partial charge is 0.140 e. The predicted octanol–water partition coefficient (Wildman–Crippen LogP) is 3.24. The Morgan fingerprint density at radius 1 is 1.28 bits per heavy atom. The van der Waals surface area contributed by atoms with Gasteiger partial charge in [0.05, 0.1) is 12.3 Å². The van der Waals surface area contributed by atoms with Crippen LogP contribution in [0.3, 0.4) is 0 Å². The van der Waals surface area contributed by atoms with Gasteiger partial charge in [0.2, 0.25) is 0 Å². The number of unbranched alkanes of at least 4 members (excludes halogenated alkanes) is 3. The topological polar surface area (TPSA) is 48.1 Å². The first-order valence-electron chi connectivity index (χ1n) is 6.98. The summed E-state index contributed by atoms with van der Waals surface area (Å²) in [5.74, 6) is 0.898. The zero-order chi connectivity index (χ0) is 13.4. The highest BCUT2D eigenvalue weighted by Crippen LogP contribution is 2.18. The molecule has 0 spiro atoms. The molecule has 1 atom stereocenters. The second-order valence-corrected chi connectivity index (χ2v) is 4.99. The lowest BCUT2D eigenvalue weighted by Crippen LogP contribution is -2.19. The van der Waals surface area contributed by atoms with Crippen LogP contribution >= 0.6 is 0 Å². The molecule has 1 rings (SSSR count). The molecule has 1 aromatic rings. The highest BCUT2D eigenvalue weighted by atomic mass is 16.5. The second kappa shape index (κ2) is 8.09. The van der Waals surface area contributed by atoms with Crippen LogP contribution < -0.4 is 10.5 Å². The van der Waals surface area contributed by atoms with Gasteiger partial charge in [-0.3, -0.25) is 4.98 Å². The summed E-state index contributed by atoms with van der Waals surface area (Å²) >= 11 is 0. The van der Waals surface area contributed by atoms with Gasteiger partial charge in [-0.1, -0.05) is 26.2 Å². The molecule has 0 radical (unpaired) electrons. The molecule has 18 heavy (non-hydrogen) atoms. The molecule has 0 fully saturated rings. The minimum absolute atomic E-state index is 0.113. The first kappa shape index (κ1) is 15.0. The number of rotatable bonds is 8. The maximum absolute atomic E-state index is 5.84. The third-order valence-electron chi connectivity index (χ3n) is 2.84. The first-order valence-corrected chi connectivity index (χ1v) is 6.98. The van der Waals surface area contributed by atoms with Crippen LogP contribution in [0, 0.1) is 6.92 Å². The lowest BCUT2D eigenvalue weighted by molar-refractivity contribution is 0.300. The molecule has 0 aromatic carbocycles. The molecule has 0 aliphatic heterocycles. The predicted molar refractivity (Wildman–Crippen MR) is 76.0 cm³/mol. The fourth-order valence-corrected chi connectivity index (χ4v) is 1.89. The Morgan fingerprint density at radius 2 is 2.06 bits per heavy atom. The summed E-state index contributed by atoms with van der Waals surface area (Å²) in [6.45, 7) is 6.98. The SMILES string of the molecule is CCCCCCOc1ccc(C)nc1CC(C)N. The molecule has 0 amide bonds. The van der Waals surface area contributed by atoms with Crippen molar-refractivity contribution in [3.63, 3.8) is 0 Å². The molecule has 0 bridgehead atoms. The van der Waals surface area contributed by atoms with Gasteiger partial charge in [0.1, 0.15) is 5.75 Å². The average Bonchev–Trinajstić information content (AvgIpc) is 2.30. The highest BCUT2D eigenvalue weighted by molar-refractivity contribution is 5.29. The third kappa shape index (κ3) is 5.50. The molecule has 2 N–H and O–H groups in total. The summed E-state index contributed by atoms with van der Waals surface area (Å²) in [7, 11) is 0. The van der Waals surface area contributed by atoms with Crippen molar-refractivity contribution in [3.05, 3.63) is 23.5 Å². The maximum Gasteiger partial charge on any atom is 0.140 e. The molecule has 1 unspecified atom stereocenters. The van der Waals surface area contributed by atoms with E-state index in [4.69, 9.17) is 10.5 Å². The third-order valence-corrected chi connectivity index (χ3v) is 2.84. The Bertz CT molecular complexity index is 350. The van der Waals surface area contributed by atoms with E-state index in [0.29, 0.717) is 0 Å². The van der Waals surface area contributed by atoms with Crippen molar-refractivity contribution in [3.8, 4) is 5.75 Å². The Balaban J connectivity index is 2.52.